The van der Waals surface area contributed by atoms with E-state index < -0.39 is 0 Å². The van der Waals surface area contributed by atoms with E-state index in [1.54, 1.807) is 0 Å². The second kappa shape index (κ2) is 14.9. The minimum Gasteiger partial charge on any atom is -0.393 e. The van der Waals surface area contributed by atoms with Crippen molar-refractivity contribution in [3.05, 3.63) is 0 Å². The van der Waals surface area contributed by atoms with E-state index in [-0.39, 0.29) is 6.10 Å². The van der Waals surface area contributed by atoms with Crippen molar-refractivity contribution < 1.29 is 5.11 Å². The monoisotopic (exact) mass is 232 g/mol. The lowest BCUT2D eigenvalue weighted by molar-refractivity contribution is 0.155. The first-order chi connectivity index (χ1) is 7.70. The van der Waals surface area contributed by atoms with Crippen LogP contribution in [-0.4, -0.2) is 49.3 Å². The fraction of sp³-hybridized carbons (Fsp3) is 1.00. The first-order valence-electron chi connectivity index (χ1n) is 6.75. The third-order valence-corrected chi connectivity index (χ3v) is 2.37. The zero-order valence-electron chi connectivity index (χ0n) is 11.9. The Morgan fingerprint density at radius 3 is 2.25 bits per heavy atom. The van der Waals surface area contributed by atoms with E-state index in [1.165, 1.54) is 12.8 Å². The second-order valence-electron chi connectivity index (χ2n) is 3.94. The largest absolute Gasteiger partial charge is 0.393 e. The van der Waals surface area contributed by atoms with Crippen LogP contribution in [0.4, 0.5) is 0 Å². The highest BCUT2D eigenvalue weighted by molar-refractivity contribution is 4.61. The van der Waals surface area contributed by atoms with Gasteiger partial charge >= 0.3 is 0 Å². The maximum atomic E-state index is 9.21. The Morgan fingerprint density at radius 1 is 1.19 bits per heavy atom. The van der Waals surface area contributed by atoms with Crippen LogP contribution < -0.4 is 5.32 Å². The second-order valence-corrected chi connectivity index (χ2v) is 3.94. The quantitative estimate of drug-likeness (QED) is 0.639. The summed E-state index contributed by atoms with van der Waals surface area (Å²) in [7, 11) is 1.98. The number of nitrogens with one attached hydrogen (secondary N) is 1. The zero-order valence-corrected chi connectivity index (χ0v) is 11.9. The Hall–Kier alpha value is -0.120. The Kier molecular flexibility index (Phi) is 17.0. The van der Waals surface area contributed by atoms with E-state index in [1.807, 2.05) is 27.8 Å². The molecule has 1 unspecified atom stereocenters. The number of unbranched alkanes of at least 4 members (excludes halogenated alkanes) is 1. The molecule has 0 saturated heterocycles. The molecule has 0 rings (SSSR count). The standard InChI is InChI=1S/C11H26N2O.C2H6/c1-4-5-8-13(10-7-12-3)9-6-11(2)14;1-2/h11-12,14H,4-10H2,1-3H3;1-2H3. The summed E-state index contributed by atoms with van der Waals surface area (Å²) in [5.41, 5.74) is 0. The van der Waals surface area contributed by atoms with Gasteiger partial charge in [-0.1, -0.05) is 27.2 Å². The van der Waals surface area contributed by atoms with Crippen molar-refractivity contribution in [1.29, 1.82) is 0 Å². The fourth-order valence-electron chi connectivity index (χ4n) is 1.36. The van der Waals surface area contributed by atoms with Crippen molar-refractivity contribution in [2.75, 3.05) is 33.2 Å². The smallest absolute Gasteiger partial charge is 0.0524 e. The van der Waals surface area contributed by atoms with Crippen LogP contribution in [0.2, 0.25) is 0 Å². The van der Waals surface area contributed by atoms with E-state index in [0.717, 1.165) is 32.6 Å². The molecule has 100 valence electrons. The molecule has 0 aromatic rings. The number of rotatable bonds is 9. The van der Waals surface area contributed by atoms with Crippen molar-refractivity contribution in [3.8, 4) is 0 Å². The van der Waals surface area contributed by atoms with Gasteiger partial charge in [-0.2, -0.15) is 0 Å². The van der Waals surface area contributed by atoms with Gasteiger partial charge in [0.2, 0.25) is 0 Å². The van der Waals surface area contributed by atoms with E-state index in [4.69, 9.17) is 0 Å². The lowest BCUT2D eigenvalue weighted by Gasteiger charge is -2.22. The van der Waals surface area contributed by atoms with Crippen molar-refractivity contribution in [2.24, 2.45) is 0 Å². The van der Waals surface area contributed by atoms with E-state index in [9.17, 15) is 5.11 Å². The van der Waals surface area contributed by atoms with Crippen LogP contribution in [0.3, 0.4) is 0 Å². The van der Waals surface area contributed by atoms with Crippen molar-refractivity contribution in [2.45, 2.75) is 53.1 Å². The van der Waals surface area contributed by atoms with Gasteiger partial charge in [0.15, 0.2) is 0 Å². The lowest BCUT2D eigenvalue weighted by Crippen LogP contribution is -2.33. The van der Waals surface area contributed by atoms with E-state index in [0.29, 0.717) is 0 Å². The molecule has 0 radical (unpaired) electrons. The summed E-state index contributed by atoms with van der Waals surface area (Å²) >= 11 is 0. The molecule has 3 heteroatoms. The van der Waals surface area contributed by atoms with E-state index in [2.05, 4.69) is 17.1 Å². The van der Waals surface area contributed by atoms with Gasteiger partial charge in [-0.25, -0.2) is 0 Å². The SMILES string of the molecule is CC.CCCCN(CCNC)CCC(C)O. The Morgan fingerprint density at radius 2 is 1.81 bits per heavy atom. The Balaban J connectivity index is 0. The third kappa shape index (κ3) is 13.9. The molecule has 2 N–H and O–H groups in total. The predicted octanol–water partition coefficient (Wildman–Crippen LogP) is 2.11. The van der Waals surface area contributed by atoms with Gasteiger partial charge in [0.25, 0.3) is 0 Å². The highest BCUT2D eigenvalue weighted by Gasteiger charge is 2.05. The van der Waals surface area contributed by atoms with Gasteiger partial charge in [0.1, 0.15) is 0 Å². The summed E-state index contributed by atoms with van der Waals surface area (Å²) in [6.07, 6.45) is 3.20. The molecular formula is C13H32N2O. The van der Waals surface area contributed by atoms with Crippen LogP contribution in [0.1, 0.15) is 47.0 Å². The zero-order chi connectivity index (χ0) is 12.8. The number of likely N-dealkylation sites (N-methyl/N-ethyl adjacent to an activating group) is 1. The Bertz CT molecular complexity index is 111. The summed E-state index contributed by atoms with van der Waals surface area (Å²) in [5, 5.41) is 12.4. The predicted molar refractivity (Wildman–Crippen MR) is 72.9 cm³/mol. The number of hydrogen-bond acceptors (Lipinski definition) is 3. The average molecular weight is 232 g/mol. The number of aliphatic hydroxyl groups excluding tert-OH is 1. The molecule has 0 bridgehead atoms. The fourth-order valence-corrected chi connectivity index (χ4v) is 1.36. The van der Waals surface area contributed by atoms with E-state index >= 15 is 0 Å². The van der Waals surface area contributed by atoms with Crippen molar-refractivity contribution in [1.82, 2.24) is 10.2 Å². The number of nitrogens with zero attached hydrogens (tertiary/aromatic N) is 1. The first kappa shape index (κ1) is 18.3. The minimum atomic E-state index is -0.172. The van der Waals surface area contributed by atoms with Crippen LogP contribution >= 0.6 is 0 Å². The van der Waals surface area contributed by atoms with Gasteiger partial charge in [-0.3, -0.25) is 0 Å². The highest BCUT2D eigenvalue weighted by atomic mass is 16.3. The molecule has 3 nitrogen and oxygen atoms in total. The third-order valence-electron chi connectivity index (χ3n) is 2.37. The summed E-state index contributed by atoms with van der Waals surface area (Å²) in [4.78, 5) is 2.42. The maximum Gasteiger partial charge on any atom is 0.0524 e. The molecule has 0 aromatic carbocycles. The van der Waals surface area contributed by atoms with Gasteiger partial charge in [-0.05, 0) is 33.4 Å². The Labute approximate surface area is 102 Å². The summed E-state index contributed by atoms with van der Waals surface area (Å²) in [6, 6.07) is 0. The minimum absolute atomic E-state index is 0.172. The lowest BCUT2D eigenvalue weighted by atomic mass is 10.2. The summed E-state index contributed by atoms with van der Waals surface area (Å²) in [6.45, 7) is 12.4. The van der Waals surface area contributed by atoms with Crippen LogP contribution in [0, 0.1) is 0 Å². The van der Waals surface area contributed by atoms with Crippen LogP contribution in [0.5, 0.6) is 0 Å². The van der Waals surface area contributed by atoms with Gasteiger partial charge in [0.05, 0.1) is 6.10 Å². The highest BCUT2D eigenvalue weighted by Crippen LogP contribution is 1.98. The molecule has 1 atom stereocenters. The molecule has 0 aliphatic carbocycles. The molecule has 0 heterocycles. The summed E-state index contributed by atoms with van der Waals surface area (Å²) in [5.74, 6) is 0. The maximum absolute atomic E-state index is 9.21. The number of hydrogen-bond donors (Lipinski definition) is 2. The molecule has 0 fully saturated rings. The molecule has 0 amide bonds. The molecule has 0 saturated carbocycles. The van der Waals surface area contributed by atoms with Crippen LogP contribution in [-0.2, 0) is 0 Å². The first-order valence-corrected chi connectivity index (χ1v) is 6.75. The van der Waals surface area contributed by atoms with Crippen molar-refractivity contribution >= 4 is 0 Å². The molecule has 0 aliphatic rings. The average Bonchev–Trinajstić information content (AvgIpc) is 2.30. The van der Waals surface area contributed by atoms with Crippen LogP contribution in [0.25, 0.3) is 0 Å². The van der Waals surface area contributed by atoms with Crippen molar-refractivity contribution in [3.63, 3.8) is 0 Å². The topological polar surface area (TPSA) is 35.5 Å². The van der Waals surface area contributed by atoms with Gasteiger partial charge in [-0.15, -0.1) is 0 Å². The van der Waals surface area contributed by atoms with Crippen LogP contribution in [0.15, 0.2) is 0 Å². The number of aliphatic hydroxyl groups is 1. The van der Waals surface area contributed by atoms with Gasteiger partial charge < -0.3 is 15.3 Å². The normalized spacial score (nSPS) is 12.2. The molecule has 16 heavy (non-hydrogen) atoms. The van der Waals surface area contributed by atoms with Gasteiger partial charge in [0, 0.05) is 19.6 Å². The molecule has 0 aromatic heterocycles. The molecule has 0 spiro atoms. The molecular weight excluding hydrogens is 200 g/mol. The molecule has 0 aliphatic heterocycles. The summed E-state index contributed by atoms with van der Waals surface area (Å²) < 4.78 is 0.